The molecular weight excluding hydrogens is 1560 g/mol. The van der Waals surface area contributed by atoms with Gasteiger partial charge in [0.1, 0.15) is 0 Å². The van der Waals surface area contributed by atoms with E-state index >= 15 is 0 Å². The summed E-state index contributed by atoms with van der Waals surface area (Å²) in [5.74, 6) is 0. The zero-order valence-electron chi connectivity index (χ0n) is 72.5. The molecular formula is C127H90S. The van der Waals surface area contributed by atoms with Crippen molar-refractivity contribution in [3.63, 3.8) is 0 Å². The number of benzene rings is 22. The van der Waals surface area contributed by atoms with E-state index in [1.807, 2.05) is 11.3 Å². The highest BCUT2D eigenvalue weighted by molar-refractivity contribution is 7.26. The Kier molecular flexibility index (Phi) is 18.0. The molecule has 0 amide bonds. The van der Waals surface area contributed by atoms with Gasteiger partial charge in [-0.05, 0) is 310 Å². The number of hydrogen-bond acceptors (Lipinski definition) is 1. The molecule has 23 aromatic rings. The molecule has 22 aromatic carbocycles. The highest BCUT2D eigenvalue weighted by Crippen LogP contribution is 2.56. The van der Waals surface area contributed by atoms with Crippen LogP contribution in [0.3, 0.4) is 0 Å². The van der Waals surface area contributed by atoms with Crippen molar-refractivity contribution in [3.8, 4) is 122 Å². The van der Waals surface area contributed by atoms with Gasteiger partial charge in [0.15, 0.2) is 0 Å². The molecule has 26 rings (SSSR count). The fourth-order valence-corrected chi connectivity index (χ4v) is 23.1. The first-order chi connectivity index (χ1) is 62.7. The largest absolute Gasteiger partial charge is 0.135 e. The first-order valence-corrected chi connectivity index (χ1v) is 45.8. The van der Waals surface area contributed by atoms with Crippen LogP contribution in [0.25, 0.3) is 218 Å². The molecule has 0 unspecified atom stereocenters. The Labute approximate surface area is 751 Å². The average molecular weight is 1650 g/mol. The van der Waals surface area contributed by atoms with Gasteiger partial charge < -0.3 is 0 Å². The third-order valence-corrected chi connectivity index (χ3v) is 29.7. The van der Waals surface area contributed by atoms with E-state index in [0.29, 0.717) is 0 Å². The molecule has 1 aromatic heterocycles. The lowest BCUT2D eigenvalue weighted by Gasteiger charge is -2.23. The number of thiophene rings is 1. The molecule has 1 heterocycles. The molecule has 3 aliphatic carbocycles. The van der Waals surface area contributed by atoms with Gasteiger partial charge in [-0.25, -0.2) is 0 Å². The van der Waals surface area contributed by atoms with Crippen LogP contribution in [0, 0.1) is 0 Å². The summed E-state index contributed by atoms with van der Waals surface area (Å²) in [6.45, 7) is 14.1. The molecule has 3 aliphatic rings. The first-order valence-electron chi connectivity index (χ1n) is 45.0. The zero-order valence-corrected chi connectivity index (χ0v) is 73.3. The molecule has 0 radical (unpaired) electrons. The minimum Gasteiger partial charge on any atom is -0.135 e. The van der Waals surface area contributed by atoms with Gasteiger partial charge in [0, 0.05) is 36.4 Å². The lowest BCUT2D eigenvalue weighted by Crippen LogP contribution is -2.15. The zero-order chi connectivity index (χ0) is 85.7. The van der Waals surface area contributed by atoms with E-state index in [1.165, 1.54) is 251 Å². The number of fused-ring (bicyclic) bond motifs is 22. The van der Waals surface area contributed by atoms with Crippen molar-refractivity contribution in [2.45, 2.75) is 57.8 Å². The fourth-order valence-electron chi connectivity index (χ4n) is 21.8. The van der Waals surface area contributed by atoms with Gasteiger partial charge in [0.25, 0.3) is 0 Å². The Morgan fingerprint density at radius 3 is 1.13 bits per heavy atom. The van der Waals surface area contributed by atoms with Crippen LogP contribution in [0.15, 0.2) is 437 Å². The van der Waals surface area contributed by atoms with Crippen LogP contribution < -0.4 is 0 Å². The van der Waals surface area contributed by atoms with E-state index in [0.717, 1.165) is 0 Å². The summed E-state index contributed by atoms with van der Waals surface area (Å²) in [7, 11) is 0. The maximum absolute atomic E-state index is 2.47. The lowest BCUT2D eigenvalue weighted by molar-refractivity contribution is 0.660. The van der Waals surface area contributed by atoms with E-state index < -0.39 is 0 Å². The van der Waals surface area contributed by atoms with Crippen LogP contribution >= 0.6 is 11.3 Å². The van der Waals surface area contributed by atoms with Gasteiger partial charge in [-0.3, -0.25) is 0 Å². The predicted molar refractivity (Wildman–Crippen MR) is 551 cm³/mol. The van der Waals surface area contributed by atoms with Crippen LogP contribution in [0.5, 0.6) is 0 Å². The van der Waals surface area contributed by atoms with Crippen molar-refractivity contribution in [1.29, 1.82) is 0 Å². The van der Waals surface area contributed by atoms with E-state index in [9.17, 15) is 0 Å². The van der Waals surface area contributed by atoms with Crippen LogP contribution in [0.1, 0.15) is 74.9 Å². The first kappa shape index (κ1) is 76.5. The van der Waals surface area contributed by atoms with Crippen LogP contribution in [-0.2, 0) is 16.2 Å². The molecule has 0 fully saturated rings. The van der Waals surface area contributed by atoms with Crippen molar-refractivity contribution in [3.05, 3.63) is 470 Å². The predicted octanol–water partition coefficient (Wildman–Crippen LogP) is 35.8. The third-order valence-electron chi connectivity index (χ3n) is 28.5. The molecule has 0 N–H and O–H groups in total. The highest BCUT2D eigenvalue weighted by Gasteiger charge is 2.39. The molecule has 0 saturated carbocycles. The molecule has 0 atom stereocenters. The van der Waals surface area contributed by atoms with Gasteiger partial charge >= 0.3 is 0 Å². The topological polar surface area (TPSA) is 0 Å². The monoisotopic (exact) mass is 1650 g/mol. The van der Waals surface area contributed by atoms with Crippen molar-refractivity contribution >= 4 is 107 Å². The van der Waals surface area contributed by atoms with Gasteiger partial charge in [0.05, 0.1) is 0 Å². The second-order valence-electron chi connectivity index (χ2n) is 36.9. The Bertz CT molecular complexity index is 8550. The van der Waals surface area contributed by atoms with Gasteiger partial charge in [0.2, 0.25) is 0 Å². The van der Waals surface area contributed by atoms with Crippen molar-refractivity contribution in [2.24, 2.45) is 0 Å². The van der Waals surface area contributed by atoms with Crippen LogP contribution in [0.2, 0.25) is 0 Å². The van der Waals surface area contributed by atoms with Crippen LogP contribution in [-0.4, -0.2) is 0 Å². The maximum atomic E-state index is 2.47. The molecule has 0 spiro atoms. The quantitative estimate of drug-likeness (QED) is 0.133. The smallest absolute Gasteiger partial charge is 0.0433 e. The van der Waals surface area contributed by atoms with E-state index in [-0.39, 0.29) is 16.2 Å². The standard InChI is InChI=1S/C49H34.C41H30.C37H26S/c1-49(2)46-17-8-7-15-42(46)45-29-37(24-25-47(45)49)33-12-9-11-32(26-33)34-19-20-36-28-38(22-21-35(36)27-34)44-30-39-23-18-31-10-3-4-13-40(31)48(39)43-16-6-5-14-41(43)44;1-41(2)39-13-6-5-12-37(39)38-21-20-36(26-40(38)41)30-11-7-10-29(23-30)31-16-17-35-25-34(19-18-33(35)24-31)32-15-14-27-8-3-4-9-28(27)22-32;1-37(2)32-19-7-5-16-30(32)35-28-15-4-3-13-26(28)31(22-33(35)37)24-12-9-11-23(21-24)25-17-10-18-29-27-14-6-8-20-34(27)38-36(25)29/h3-30H,1-2H3;3-26H,1-2H3;3-22H,1-2H3. The summed E-state index contributed by atoms with van der Waals surface area (Å²) in [5.41, 5.74) is 36.9. The van der Waals surface area contributed by atoms with Crippen LogP contribution in [0.4, 0.5) is 0 Å². The van der Waals surface area contributed by atoms with Crippen molar-refractivity contribution < 1.29 is 0 Å². The summed E-state index contributed by atoms with van der Waals surface area (Å²) in [6, 6.07) is 162. The molecule has 1 heteroatoms. The highest BCUT2D eigenvalue weighted by atomic mass is 32.1. The summed E-state index contributed by atoms with van der Waals surface area (Å²) in [6.07, 6.45) is 0. The Balaban J connectivity index is 0.000000108. The summed E-state index contributed by atoms with van der Waals surface area (Å²) in [4.78, 5) is 0. The normalized spacial score (nSPS) is 13.4. The Morgan fingerprint density at radius 1 is 0.156 bits per heavy atom. The van der Waals surface area contributed by atoms with E-state index in [1.54, 1.807) is 0 Å². The van der Waals surface area contributed by atoms with Crippen molar-refractivity contribution in [2.75, 3.05) is 0 Å². The SMILES string of the molecule is CC1(C)c2ccccc2-c2c1cc(-c1cccc(-c3cccc4c3sc3ccccc34)c1)c1ccccc21.CC1(C)c2ccccc2-c2cc(-c3cccc(-c4ccc5cc(-c6cc7ccc8ccccc8c7c7ccccc67)ccc5c4)c3)ccc21.CC1(C)c2ccccc2-c2ccc(-c3cccc(-c4ccc5cc(-c6ccc7ccccc7c6)ccc5c4)c3)cc21. The summed E-state index contributed by atoms with van der Waals surface area (Å²) >= 11 is 1.90. The average Bonchev–Trinajstić information content (AvgIpc) is 1.54. The van der Waals surface area contributed by atoms with Gasteiger partial charge in [-0.15, -0.1) is 11.3 Å². The second-order valence-corrected chi connectivity index (χ2v) is 38.0. The van der Waals surface area contributed by atoms with Gasteiger partial charge in [-0.1, -0.05) is 399 Å². The molecule has 128 heavy (non-hydrogen) atoms. The lowest BCUT2D eigenvalue weighted by atomic mass is 9.80. The molecule has 0 aliphatic heterocycles. The number of hydrogen-bond donors (Lipinski definition) is 0. The summed E-state index contributed by atoms with van der Waals surface area (Å²) < 4.78 is 2.71. The Morgan fingerprint density at radius 2 is 0.500 bits per heavy atom. The van der Waals surface area contributed by atoms with E-state index in [2.05, 4.69) is 478 Å². The molecule has 0 saturated heterocycles. The maximum Gasteiger partial charge on any atom is 0.0433 e. The number of rotatable bonds is 8. The van der Waals surface area contributed by atoms with Gasteiger partial charge in [-0.2, -0.15) is 0 Å². The molecule has 0 bridgehead atoms. The molecule has 0 nitrogen and oxygen atoms in total. The second kappa shape index (κ2) is 30.1. The third kappa shape index (κ3) is 12.7. The fraction of sp³-hybridized carbons (Fsp3) is 0.0709. The van der Waals surface area contributed by atoms with E-state index in [4.69, 9.17) is 0 Å². The van der Waals surface area contributed by atoms with Crippen molar-refractivity contribution in [1.82, 2.24) is 0 Å². The molecule has 604 valence electrons. The minimum absolute atomic E-state index is 0.00357. The Hall–Kier alpha value is -15.1. The minimum atomic E-state index is -0.0367. The summed E-state index contributed by atoms with van der Waals surface area (Å²) in [5, 5.41) is 20.7.